The predicted molar refractivity (Wildman–Crippen MR) is 89.0 cm³/mol. The molecule has 0 saturated heterocycles. The van der Waals surface area contributed by atoms with Gasteiger partial charge < -0.3 is 14.6 Å². The molecule has 0 aliphatic carbocycles. The third-order valence-electron chi connectivity index (χ3n) is 3.58. The molecule has 112 valence electrons. The molecule has 5 heteroatoms. The molecule has 1 N–H and O–H groups in total. The van der Waals surface area contributed by atoms with Gasteiger partial charge in [-0.3, -0.25) is 0 Å². The lowest BCUT2D eigenvalue weighted by Gasteiger charge is -2.09. The molecule has 0 radical (unpaired) electrons. The Kier molecular flexibility index (Phi) is 3.77. The molecular formula is C17H15ClN2O2. The van der Waals surface area contributed by atoms with Crippen LogP contribution in [0.2, 0.25) is 5.02 Å². The van der Waals surface area contributed by atoms with Gasteiger partial charge in [-0.05, 0) is 24.3 Å². The molecule has 3 rings (SSSR count). The molecule has 1 aromatic heterocycles. The SMILES string of the molecule is COC(=O)c1c(Nc2cccc(Cl)c2)c2ccccc2n1C. The van der Waals surface area contributed by atoms with Gasteiger partial charge in [0, 0.05) is 23.1 Å². The van der Waals surface area contributed by atoms with Crippen LogP contribution in [-0.2, 0) is 11.8 Å². The fourth-order valence-electron chi connectivity index (χ4n) is 2.57. The van der Waals surface area contributed by atoms with Crippen LogP contribution in [0, 0.1) is 0 Å². The third-order valence-corrected chi connectivity index (χ3v) is 3.81. The van der Waals surface area contributed by atoms with Gasteiger partial charge in [0.25, 0.3) is 0 Å². The van der Waals surface area contributed by atoms with Crippen molar-refractivity contribution in [3.8, 4) is 0 Å². The number of carbonyl (C=O) groups excluding carboxylic acids is 1. The number of aryl methyl sites for hydroxylation is 1. The van der Waals surface area contributed by atoms with Gasteiger partial charge in [0.15, 0.2) is 5.69 Å². The van der Waals surface area contributed by atoms with Crippen LogP contribution in [0.3, 0.4) is 0 Å². The first-order chi connectivity index (χ1) is 10.6. The van der Waals surface area contributed by atoms with Crippen LogP contribution in [0.1, 0.15) is 10.5 Å². The number of methoxy groups -OCH3 is 1. The first-order valence-corrected chi connectivity index (χ1v) is 7.18. The monoisotopic (exact) mass is 314 g/mol. The van der Waals surface area contributed by atoms with E-state index in [1.165, 1.54) is 7.11 Å². The van der Waals surface area contributed by atoms with E-state index in [4.69, 9.17) is 16.3 Å². The molecule has 0 fully saturated rings. The van der Waals surface area contributed by atoms with Crippen molar-refractivity contribution in [2.45, 2.75) is 0 Å². The number of nitrogens with zero attached hydrogens (tertiary/aromatic N) is 1. The minimum atomic E-state index is -0.386. The fourth-order valence-corrected chi connectivity index (χ4v) is 2.76. The second-order valence-corrected chi connectivity index (χ2v) is 5.36. The largest absolute Gasteiger partial charge is 0.464 e. The molecule has 0 saturated carbocycles. The molecule has 0 bridgehead atoms. The highest BCUT2D eigenvalue weighted by Gasteiger charge is 2.21. The highest BCUT2D eigenvalue weighted by Crippen LogP contribution is 2.33. The molecule has 0 aliphatic heterocycles. The zero-order valence-corrected chi connectivity index (χ0v) is 13.0. The minimum Gasteiger partial charge on any atom is -0.464 e. The molecular weight excluding hydrogens is 300 g/mol. The Bertz CT molecular complexity index is 855. The molecule has 0 aliphatic rings. The number of nitrogens with one attached hydrogen (secondary N) is 1. The number of hydrogen-bond acceptors (Lipinski definition) is 3. The van der Waals surface area contributed by atoms with Crippen molar-refractivity contribution in [1.82, 2.24) is 4.57 Å². The Morgan fingerprint density at radius 1 is 1.18 bits per heavy atom. The van der Waals surface area contributed by atoms with E-state index in [0.29, 0.717) is 16.4 Å². The zero-order valence-electron chi connectivity index (χ0n) is 12.3. The van der Waals surface area contributed by atoms with Crippen LogP contribution in [0.15, 0.2) is 48.5 Å². The lowest BCUT2D eigenvalue weighted by molar-refractivity contribution is 0.0591. The maximum atomic E-state index is 12.2. The molecule has 0 amide bonds. The fraction of sp³-hybridized carbons (Fsp3) is 0.118. The van der Waals surface area contributed by atoms with E-state index in [0.717, 1.165) is 16.6 Å². The van der Waals surface area contributed by atoms with Gasteiger partial charge in [-0.15, -0.1) is 0 Å². The number of fused-ring (bicyclic) bond motifs is 1. The molecule has 0 spiro atoms. The van der Waals surface area contributed by atoms with E-state index in [-0.39, 0.29) is 5.97 Å². The minimum absolute atomic E-state index is 0.386. The Morgan fingerprint density at radius 3 is 2.68 bits per heavy atom. The quantitative estimate of drug-likeness (QED) is 0.730. The summed E-state index contributed by atoms with van der Waals surface area (Å²) in [7, 11) is 3.22. The summed E-state index contributed by atoms with van der Waals surface area (Å²) in [5.41, 5.74) is 2.96. The van der Waals surface area contributed by atoms with E-state index >= 15 is 0 Å². The van der Waals surface area contributed by atoms with Crippen LogP contribution in [0.5, 0.6) is 0 Å². The number of para-hydroxylation sites is 1. The van der Waals surface area contributed by atoms with Crippen LogP contribution < -0.4 is 5.32 Å². The number of carbonyl (C=O) groups is 1. The molecule has 0 atom stereocenters. The van der Waals surface area contributed by atoms with Crippen LogP contribution in [-0.4, -0.2) is 17.6 Å². The summed E-state index contributed by atoms with van der Waals surface area (Å²) in [6, 6.07) is 15.2. The summed E-state index contributed by atoms with van der Waals surface area (Å²) in [6.45, 7) is 0. The van der Waals surface area contributed by atoms with Crippen molar-refractivity contribution in [2.75, 3.05) is 12.4 Å². The number of hydrogen-bond donors (Lipinski definition) is 1. The van der Waals surface area contributed by atoms with Crippen molar-refractivity contribution >= 4 is 39.8 Å². The Balaban J connectivity index is 2.20. The molecule has 4 nitrogen and oxygen atoms in total. The number of benzene rings is 2. The molecule has 3 aromatic rings. The molecule has 22 heavy (non-hydrogen) atoms. The van der Waals surface area contributed by atoms with E-state index in [1.807, 2.05) is 54.1 Å². The average molecular weight is 315 g/mol. The highest BCUT2D eigenvalue weighted by molar-refractivity contribution is 6.30. The van der Waals surface area contributed by atoms with Crippen molar-refractivity contribution in [1.29, 1.82) is 0 Å². The summed E-state index contributed by atoms with van der Waals surface area (Å²) >= 11 is 6.03. The number of esters is 1. The van der Waals surface area contributed by atoms with Crippen molar-refractivity contribution in [3.05, 3.63) is 59.2 Å². The van der Waals surface area contributed by atoms with Gasteiger partial charge in [-0.1, -0.05) is 35.9 Å². The first-order valence-electron chi connectivity index (χ1n) is 6.80. The number of aromatic nitrogens is 1. The van der Waals surface area contributed by atoms with Gasteiger partial charge in [0.2, 0.25) is 0 Å². The topological polar surface area (TPSA) is 43.3 Å². The third kappa shape index (κ3) is 2.42. The van der Waals surface area contributed by atoms with Crippen molar-refractivity contribution in [3.63, 3.8) is 0 Å². The van der Waals surface area contributed by atoms with Gasteiger partial charge in [0.1, 0.15) is 0 Å². The smallest absolute Gasteiger partial charge is 0.356 e. The number of halogens is 1. The molecule has 2 aromatic carbocycles. The van der Waals surface area contributed by atoms with Crippen LogP contribution >= 0.6 is 11.6 Å². The van der Waals surface area contributed by atoms with Gasteiger partial charge in [0.05, 0.1) is 18.3 Å². The lowest BCUT2D eigenvalue weighted by atomic mass is 10.2. The summed E-state index contributed by atoms with van der Waals surface area (Å²) < 4.78 is 6.75. The van der Waals surface area contributed by atoms with Crippen molar-refractivity contribution in [2.24, 2.45) is 7.05 Å². The van der Waals surface area contributed by atoms with E-state index < -0.39 is 0 Å². The van der Waals surface area contributed by atoms with Gasteiger partial charge in [-0.2, -0.15) is 0 Å². The Morgan fingerprint density at radius 2 is 1.95 bits per heavy atom. The highest BCUT2D eigenvalue weighted by atomic mass is 35.5. The molecule has 1 heterocycles. The number of ether oxygens (including phenoxy) is 1. The lowest BCUT2D eigenvalue weighted by Crippen LogP contribution is -2.09. The van der Waals surface area contributed by atoms with Crippen LogP contribution in [0.25, 0.3) is 10.9 Å². The second kappa shape index (κ2) is 5.73. The van der Waals surface area contributed by atoms with E-state index in [9.17, 15) is 4.79 Å². The van der Waals surface area contributed by atoms with E-state index in [2.05, 4.69) is 5.32 Å². The average Bonchev–Trinajstić information content (AvgIpc) is 2.80. The summed E-state index contributed by atoms with van der Waals surface area (Å²) in [5, 5.41) is 4.87. The molecule has 0 unspecified atom stereocenters. The maximum absolute atomic E-state index is 12.2. The summed E-state index contributed by atoms with van der Waals surface area (Å²) in [6.07, 6.45) is 0. The van der Waals surface area contributed by atoms with Crippen LogP contribution in [0.4, 0.5) is 11.4 Å². The van der Waals surface area contributed by atoms with E-state index in [1.54, 1.807) is 6.07 Å². The normalized spacial score (nSPS) is 10.7. The van der Waals surface area contributed by atoms with Gasteiger partial charge in [-0.25, -0.2) is 4.79 Å². The number of anilines is 2. The predicted octanol–water partition coefficient (Wildman–Crippen LogP) is 4.36. The summed E-state index contributed by atoms with van der Waals surface area (Å²) in [4.78, 5) is 12.2. The maximum Gasteiger partial charge on any atom is 0.356 e. The Labute approximate surface area is 133 Å². The van der Waals surface area contributed by atoms with Crippen molar-refractivity contribution < 1.29 is 9.53 Å². The first kappa shape index (κ1) is 14.5. The van der Waals surface area contributed by atoms with Gasteiger partial charge >= 0.3 is 5.97 Å². The summed E-state index contributed by atoms with van der Waals surface area (Å²) in [5.74, 6) is -0.386. The Hall–Kier alpha value is -2.46. The zero-order chi connectivity index (χ0) is 15.7. The standard InChI is InChI=1S/C17H15ClN2O2/c1-20-14-9-4-3-8-13(14)15(16(20)17(21)22-2)19-12-7-5-6-11(18)10-12/h3-10,19H,1-2H3. The number of rotatable bonds is 3. The second-order valence-electron chi connectivity index (χ2n) is 4.93.